The molecule has 0 saturated carbocycles. The number of piperidine rings is 2. The van der Waals surface area contributed by atoms with Gasteiger partial charge in [0.1, 0.15) is 22.8 Å². The molecule has 0 amide bonds. The summed E-state index contributed by atoms with van der Waals surface area (Å²) in [6, 6.07) is 17.3. The lowest BCUT2D eigenvalue weighted by Crippen LogP contribution is -2.29. The van der Waals surface area contributed by atoms with Gasteiger partial charge in [0.15, 0.2) is 0 Å². The van der Waals surface area contributed by atoms with E-state index in [4.69, 9.17) is 4.98 Å². The number of aromatic hydroxyl groups is 2. The van der Waals surface area contributed by atoms with E-state index in [1.807, 2.05) is 42.5 Å². The molecule has 2 aliphatic rings. The van der Waals surface area contributed by atoms with E-state index in [0.29, 0.717) is 17.3 Å². The molecule has 0 atom stereocenters. The summed E-state index contributed by atoms with van der Waals surface area (Å²) in [6.45, 7) is 5.69. The first-order valence-corrected chi connectivity index (χ1v) is 15.8. The van der Waals surface area contributed by atoms with Crippen molar-refractivity contribution in [1.29, 1.82) is 0 Å². The quantitative estimate of drug-likeness (QED) is 0.112. The fraction of sp³-hybridized carbons (Fsp3) is 0.343. The van der Waals surface area contributed by atoms with Crippen LogP contribution in [-0.4, -0.2) is 61.1 Å². The summed E-state index contributed by atoms with van der Waals surface area (Å²) < 4.78 is 0. The van der Waals surface area contributed by atoms with Gasteiger partial charge >= 0.3 is 0 Å². The van der Waals surface area contributed by atoms with Crippen LogP contribution >= 0.6 is 0 Å². The van der Waals surface area contributed by atoms with Crippen molar-refractivity contribution >= 4 is 44.8 Å². The van der Waals surface area contributed by atoms with E-state index < -0.39 is 0 Å². The number of aromatic nitrogens is 3. The third-order valence-corrected chi connectivity index (χ3v) is 8.81. The molecule has 9 heteroatoms. The normalized spacial score (nSPS) is 16.4. The Labute approximate surface area is 257 Å². The Kier molecular flexibility index (Phi) is 8.13. The number of hydrogen-bond acceptors (Lipinski definition) is 9. The number of likely N-dealkylation sites (tertiary alicyclic amines) is 2. The predicted molar refractivity (Wildman–Crippen MR) is 176 cm³/mol. The monoisotopic (exact) mass is 589 g/mol. The molecule has 0 spiro atoms. The molecule has 4 N–H and O–H groups in total. The first-order chi connectivity index (χ1) is 21.6. The lowest BCUT2D eigenvalue weighted by Gasteiger charge is -2.27. The summed E-state index contributed by atoms with van der Waals surface area (Å²) in [5.41, 5.74) is 6.74. The lowest BCUT2D eigenvalue weighted by atomic mass is 10.1. The molecule has 2 aromatic heterocycles. The van der Waals surface area contributed by atoms with Crippen molar-refractivity contribution in [2.24, 2.45) is 0 Å². The fourth-order valence-electron chi connectivity index (χ4n) is 6.52. The molecule has 0 unspecified atom stereocenters. The number of anilines is 4. The summed E-state index contributed by atoms with van der Waals surface area (Å²) in [6.07, 6.45) is 10.8. The Balaban J connectivity index is 1.23. The SMILES string of the molecule is Oc1ccc(Nc2cc(Nc3ccc(O)c(CN4CCCCC4)c3)c3c(ccc4nccnc43)n2)cc1CN1CCCCC1. The van der Waals surface area contributed by atoms with Gasteiger partial charge in [-0.3, -0.25) is 19.8 Å². The number of hydrogen-bond donors (Lipinski definition) is 4. The maximum absolute atomic E-state index is 10.7. The minimum atomic E-state index is 0.312. The van der Waals surface area contributed by atoms with Crippen LogP contribution in [0.2, 0.25) is 0 Å². The number of phenols is 2. The smallest absolute Gasteiger partial charge is 0.133 e. The highest BCUT2D eigenvalue weighted by Gasteiger charge is 2.17. The van der Waals surface area contributed by atoms with Crippen LogP contribution in [0.5, 0.6) is 11.5 Å². The molecule has 0 bridgehead atoms. The topological polar surface area (TPSA) is 110 Å². The number of benzene rings is 3. The Morgan fingerprint density at radius 1 is 0.614 bits per heavy atom. The molecular weight excluding hydrogens is 550 g/mol. The Hall–Kier alpha value is -4.47. The zero-order valence-corrected chi connectivity index (χ0v) is 25.0. The molecule has 7 rings (SSSR count). The van der Waals surface area contributed by atoms with Gasteiger partial charge in [0.2, 0.25) is 0 Å². The largest absolute Gasteiger partial charge is 0.508 e. The van der Waals surface area contributed by atoms with Gasteiger partial charge in [0, 0.05) is 54.1 Å². The Bertz CT molecular complexity index is 1780. The van der Waals surface area contributed by atoms with Crippen molar-refractivity contribution in [2.45, 2.75) is 51.6 Å². The van der Waals surface area contributed by atoms with E-state index in [1.165, 1.54) is 38.5 Å². The van der Waals surface area contributed by atoms with Crippen LogP contribution in [0.1, 0.15) is 49.7 Å². The van der Waals surface area contributed by atoms with E-state index in [-0.39, 0.29) is 0 Å². The van der Waals surface area contributed by atoms with Crippen molar-refractivity contribution < 1.29 is 10.2 Å². The Morgan fingerprint density at radius 3 is 1.82 bits per heavy atom. The Morgan fingerprint density at radius 2 is 1.18 bits per heavy atom. The molecule has 2 saturated heterocycles. The van der Waals surface area contributed by atoms with E-state index in [1.54, 1.807) is 24.5 Å². The van der Waals surface area contributed by atoms with Crippen molar-refractivity contribution in [2.75, 3.05) is 36.8 Å². The molecule has 3 aromatic carbocycles. The maximum Gasteiger partial charge on any atom is 0.133 e. The number of nitrogens with zero attached hydrogens (tertiary/aromatic N) is 5. The van der Waals surface area contributed by atoms with Crippen molar-refractivity contribution in [3.05, 3.63) is 78.1 Å². The second kappa shape index (κ2) is 12.6. The zero-order valence-electron chi connectivity index (χ0n) is 25.0. The number of pyridine rings is 1. The highest BCUT2D eigenvalue weighted by Crippen LogP contribution is 2.35. The first-order valence-electron chi connectivity index (χ1n) is 15.8. The fourth-order valence-corrected chi connectivity index (χ4v) is 6.52. The van der Waals surface area contributed by atoms with Crippen LogP contribution in [-0.2, 0) is 13.1 Å². The molecule has 226 valence electrons. The van der Waals surface area contributed by atoms with Crippen LogP contribution in [0.15, 0.2) is 67.0 Å². The van der Waals surface area contributed by atoms with E-state index in [2.05, 4.69) is 30.4 Å². The van der Waals surface area contributed by atoms with Gasteiger partial charge < -0.3 is 20.8 Å². The van der Waals surface area contributed by atoms with Gasteiger partial charge in [-0.15, -0.1) is 0 Å². The van der Waals surface area contributed by atoms with Gasteiger partial charge in [-0.25, -0.2) is 4.98 Å². The minimum absolute atomic E-state index is 0.312. The van der Waals surface area contributed by atoms with Crippen LogP contribution in [0.25, 0.3) is 21.9 Å². The van der Waals surface area contributed by atoms with Gasteiger partial charge in [-0.1, -0.05) is 12.8 Å². The van der Waals surface area contributed by atoms with Crippen LogP contribution in [0, 0.1) is 0 Å². The molecule has 9 nitrogen and oxygen atoms in total. The third kappa shape index (κ3) is 6.25. The van der Waals surface area contributed by atoms with Crippen molar-refractivity contribution in [3.8, 4) is 11.5 Å². The van der Waals surface area contributed by atoms with Gasteiger partial charge in [-0.2, -0.15) is 0 Å². The van der Waals surface area contributed by atoms with E-state index >= 15 is 0 Å². The van der Waals surface area contributed by atoms with Crippen LogP contribution in [0.3, 0.4) is 0 Å². The number of nitrogens with one attached hydrogen (secondary N) is 2. The first kappa shape index (κ1) is 28.3. The number of phenolic OH excluding ortho intramolecular Hbond substituents is 2. The van der Waals surface area contributed by atoms with E-state index in [0.717, 1.165) is 89.4 Å². The highest BCUT2D eigenvalue weighted by molar-refractivity contribution is 6.10. The number of fused-ring (bicyclic) bond motifs is 3. The predicted octanol–water partition coefficient (Wildman–Crippen LogP) is 7.05. The minimum Gasteiger partial charge on any atom is -0.508 e. The summed E-state index contributed by atoms with van der Waals surface area (Å²) in [5, 5.41) is 29.3. The summed E-state index contributed by atoms with van der Waals surface area (Å²) in [4.78, 5) is 19.0. The zero-order chi connectivity index (χ0) is 29.9. The molecule has 2 fully saturated rings. The lowest BCUT2D eigenvalue weighted by molar-refractivity contribution is 0.218. The molecule has 2 aliphatic heterocycles. The van der Waals surface area contributed by atoms with Gasteiger partial charge in [0.25, 0.3) is 0 Å². The molecule has 0 radical (unpaired) electrons. The second-order valence-electron chi connectivity index (χ2n) is 12.0. The average Bonchev–Trinajstić information content (AvgIpc) is 3.05. The van der Waals surface area contributed by atoms with E-state index in [9.17, 15) is 10.2 Å². The summed E-state index contributed by atoms with van der Waals surface area (Å²) in [5.74, 6) is 1.30. The summed E-state index contributed by atoms with van der Waals surface area (Å²) >= 11 is 0. The second-order valence-corrected chi connectivity index (χ2v) is 12.0. The van der Waals surface area contributed by atoms with Gasteiger partial charge in [-0.05, 0) is 100 Å². The molecular formula is C35H39N7O2. The molecule has 4 heterocycles. The maximum atomic E-state index is 10.7. The molecule has 44 heavy (non-hydrogen) atoms. The van der Waals surface area contributed by atoms with Crippen molar-refractivity contribution in [3.63, 3.8) is 0 Å². The van der Waals surface area contributed by atoms with Gasteiger partial charge in [0.05, 0.1) is 22.1 Å². The number of rotatable bonds is 8. The average molecular weight is 590 g/mol. The highest BCUT2D eigenvalue weighted by atomic mass is 16.3. The molecule has 0 aliphatic carbocycles. The summed E-state index contributed by atoms with van der Waals surface area (Å²) in [7, 11) is 0. The standard InChI is InChI=1S/C35H39N7O2/c43-31-11-7-26(19-24(31)22-41-15-3-1-4-16-41)38-30-21-33(40-28-9-10-29-35(34(28)30)37-14-13-36-29)39-27-8-12-32(44)25(20-27)23-42-17-5-2-6-18-42/h7-14,19-21,43-44H,1-6,15-18,22-23H2,(H2,38,39,40). The third-order valence-electron chi connectivity index (χ3n) is 8.81. The van der Waals surface area contributed by atoms with Crippen LogP contribution < -0.4 is 10.6 Å². The van der Waals surface area contributed by atoms with Crippen LogP contribution in [0.4, 0.5) is 22.9 Å². The molecule has 5 aromatic rings. The van der Waals surface area contributed by atoms with Crippen molar-refractivity contribution in [1.82, 2.24) is 24.8 Å².